The maximum Gasteiger partial charge on any atom is 0.305 e. The fourth-order valence-electron chi connectivity index (χ4n) is 4.23. The number of hydrogen-bond acceptors (Lipinski definition) is 7. The first-order valence-corrected chi connectivity index (χ1v) is 12.0. The number of thiazole rings is 1. The van der Waals surface area contributed by atoms with Crippen molar-refractivity contribution < 1.29 is 14.3 Å². The average molecular weight is 468 g/mol. The molecule has 0 N–H and O–H groups in total. The van der Waals surface area contributed by atoms with E-state index in [0.29, 0.717) is 24.9 Å². The minimum atomic E-state index is -0.229. The Balaban J connectivity index is 1.44. The lowest BCUT2D eigenvalue weighted by atomic mass is 10.1. The summed E-state index contributed by atoms with van der Waals surface area (Å²) in [5, 5.41) is 7.65. The van der Waals surface area contributed by atoms with Gasteiger partial charge in [0, 0.05) is 55.4 Å². The first-order chi connectivity index (χ1) is 16.0. The molecule has 1 amide bonds. The van der Waals surface area contributed by atoms with Crippen molar-refractivity contribution in [2.24, 2.45) is 0 Å². The molecular formula is C24H29N5O3S. The van der Waals surface area contributed by atoms with Crippen LogP contribution in [0.3, 0.4) is 0 Å². The minimum Gasteiger partial charge on any atom is -0.469 e. The maximum atomic E-state index is 13.1. The molecule has 0 atom stereocenters. The fourth-order valence-corrected chi connectivity index (χ4v) is 4.93. The molecule has 9 heteroatoms. The number of anilines is 1. The van der Waals surface area contributed by atoms with Crippen molar-refractivity contribution in [2.75, 3.05) is 38.2 Å². The van der Waals surface area contributed by atoms with Crippen molar-refractivity contribution in [3.05, 3.63) is 58.4 Å². The molecule has 0 bridgehead atoms. The molecule has 0 unspecified atom stereocenters. The van der Waals surface area contributed by atoms with Crippen molar-refractivity contribution in [2.45, 2.75) is 33.1 Å². The van der Waals surface area contributed by atoms with E-state index in [-0.39, 0.29) is 11.9 Å². The number of aryl methyl sites for hydroxylation is 1. The van der Waals surface area contributed by atoms with Crippen LogP contribution in [0.4, 0.5) is 5.13 Å². The molecule has 3 heterocycles. The standard InChI is InChI=1S/C24H29N5O3S/c1-17-21(9-10-22(30)32-3)18(2)29(26-17)20-7-5-19(6-8-20)23(31)27-12-4-13-28(15-14-27)24-25-11-16-33-24/h5-8,11,16H,4,9-10,12-15H2,1-3H3. The molecule has 2 aromatic heterocycles. The van der Waals surface area contributed by atoms with Crippen LogP contribution in [-0.2, 0) is 16.0 Å². The van der Waals surface area contributed by atoms with E-state index in [9.17, 15) is 9.59 Å². The third-order valence-corrected chi connectivity index (χ3v) is 6.91. The van der Waals surface area contributed by atoms with E-state index in [2.05, 4.69) is 15.0 Å². The zero-order chi connectivity index (χ0) is 23.4. The number of benzene rings is 1. The van der Waals surface area contributed by atoms with Gasteiger partial charge >= 0.3 is 5.97 Å². The van der Waals surface area contributed by atoms with Crippen LogP contribution in [0.15, 0.2) is 35.8 Å². The summed E-state index contributed by atoms with van der Waals surface area (Å²) < 4.78 is 6.62. The summed E-state index contributed by atoms with van der Waals surface area (Å²) in [6.45, 7) is 7.06. The molecule has 1 fully saturated rings. The van der Waals surface area contributed by atoms with Crippen LogP contribution in [0, 0.1) is 13.8 Å². The fraction of sp³-hybridized carbons (Fsp3) is 0.417. The lowest BCUT2D eigenvalue weighted by molar-refractivity contribution is -0.140. The molecule has 1 aliphatic rings. The van der Waals surface area contributed by atoms with Gasteiger partial charge in [0.25, 0.3) is 5.91 Å². The Labute approximate surface area is 197 Å². The van der Waals surface area contributed by atoms with Crippen LogP contribution in [-0.4, -0.2) is 64.8 Å². The largest absolute Gasteiger partial charge is 0.469 e. The van der Waals surface area contributed by atoms with Gasteiger partial charge in [-0.2, -0.15) is 5.10 Å². The SMILES string of the molecule is COC(=O)CCc1c(C)nn(-c2ccc(C(=O)N3CCCN(c4nccs4)CC3)cc2)c1C. The van der Waals surface area contributed by atoms with Crippen molar-refractivity contribution in [1.29, 1.82) is 0 Å². The summed E-state index contributed by atoms with van der Waals surface area (Å²) in [4.78, 5) is 33.2. The van der Waals surface area contributed by atoms with E-state index in [1.54, 1.807) is 11.3 Å². The molecule has 0 saturated carbocycles. The van der Waals surface area contributed by atoms with Gasteiger partial charge in [0.15, 0.2) is 5.13 Å². The van der Waals surface area contributed by atoms with Crippen molar-refractivity contribution in [3.63, 3.8) is 0 Å². The first kappa shape index (κ1) is 23.0. The summed E-state index contributed by atoms with van der Waals surface area (Å²) in [5.74, 6) is -0.178. The topological polar surface area (TPSA) is 80.6 Å². The lowest BCUT2D eigenvalue weighted by Crippen LogP contribution is -2.35. The van der Waals surface area contributed by atoms with Gasteiger partial charge in [-0.05, 0) is 56.5 Å². The Morgan fingerprint density at radius 2 is 1.88 bits per heavy atom. The number of rotatable bonds is 6. The lowest BCUT2D eigenvalue weighted by Gasteiger charge is -2.22. The number of carbonyl (C=O) groups is 2. The molecule has 174 valence electrons. The van der Waals surface area contributed by atoms with Crippen LogP contribution in [0.25, 0.3) is 5.69 Å². The quantitative estimate of drug-likeness (QED) is 0.517. The van der Waals surface area contributed by atoms with Gasteiger partial charge in [0.1, 0.15) is 0 Å². The normalized spacial score (nSPS) is 14.3. The average Bonchev–Trinajstić information content (AvgIpc) is 3.38. The molecular weight excluding hydrogens is 438 g/mol. The Morgan fingerprint density at radius 3 is 2.58 bits per heavy atom. The van der Waals surface area contributed by atoms with Crippen LogP contribution in [0.2, 0.25) is 0 Å². The number of nitrogens with zero attached hydrogens (tertiary/aromatic N) is 5. The minimum absolute atomic E-state index is 0.0506. The van der Waals surface area contributed by atoms with Crippen LogP contribution >= 0.6 is 11.3 Å². The highest BCUT2D eigenvalue weighted by Gasteiger charge is 2.22. The Morgan fingerprint density at radius 1 is 1.09 bits per heavy atom. The monoisotopic (exact) mass is 467 g/mol. The summed E-state index contributed by atoms with van der Waals surface area (Å²) in [5.41, 5.74) is 4.50. The van der Waals surface area contributed by atoms with Gasteiger partial charge < -0.3 is 14.5 Å². The van der Waals surface area contributed by atoms with E-state index in [4.69, 9.17) is 4.74 Å². The Bertz CT molecular complexity index is 1110. The zero-order valence-corrected chi connectivity index (χ0v) is 20.1. The molecule has 0 spiro atoms. The molecule has 1 aliphatic heterocycles. The van der Waals surface area contributed by atoms with E-state index < -0.39 is 0 Å². The zero-order valence-electron chi connectivity index (χ0n) is 19.3. The van der Waals surface area contributed by atoms with Gasteiger partial charge in [-0.1, -0.05) is 0 Å². The number of carbonyl (C=O) groups excluding carboxylic acids is 2. The Hall–Kier alpha value is -3.20. The van der Waals surface area contributed by atoms with E-state index in [1.807, 2.05) is 59.3 Å². The summed E-state index contributed by atoms with van der Waals surface area (Å²) in [6, 6.07) is 7.59. The third-order valence-electron chi connectivity index (χ3n) is 6.08. The molecule has 1 aromatic carbocycles. The molecule has 0 aliphatic carbocycles. The molecule has 8 nitrogen and oxygen atoms in total. The predicted octanol–water partition coefficient (Wildman–Crippen LogP) is 3.40. The van der Waals surface area contributed by atoms with Crippen LogP contribution < -0.4 is 4.90 Å². The molecule has 4 rings (SSSR count). The van der Waals surface area contributed by atoms with Crippen LogP contribution in [0.5, 0.6) is 0 Å². The summed E-state index contributed by atoms with van der Waals surface area (Å²) in [6.07, 6.45) is 3.66. The van der Waals surface area contributed by atoms with Crippen LogP contribution in [0.1, 0.15) is 40.2 Å². The number of aromatic nitrogens is 3. The van der Waals surface area contributed by atoms with E-state index in [1.165, 1.54) is 7.11 Å². The summed E-state index contributed by atoms with van der Waals surface area (Å²) >= 11 is 1.63. The number of amides is 1. The highest BCUT2D eigenvalue weighted by atomic mass is 32.1. The smallest absolute Gasteiger partial charge is 0.305 e. The van der Waals surface area contributed by atoms with Gasteiger partial charge in [0.05, 0.1) is 18.5 Å². The number of esters is 1. The molecule has 1 saturated heterocycles. The number of ether oxygens (including phenoxy) is 1. The molecule has 3 aromatic rings. The summed E-state index contributed by atoms with van der Waals surface area (Å²) in [7, 11) is 1.40. The van der Waals surface area contributed by atoms with Crippen molar-refractivity contribution in [1.82, 2.24) is 19.7 Å². The Kier molecular flexibility index (Phi) is 7.08. The predicted molar refractivity (Wildman–Crippen MR) is 128 cm³/mol. The van der Waals surface area contributed by atoms with Gasteiger partial charge in [-0.15, -0.1) is 11.3 Å². The van der Waals surface area contributed by atoms with Gasteiger partial charge in [-0.25, -0.2) is 9.67 Å². The number of methoxy groups -OCH3 is 1. The van der Waals surface area contributed by atoms with Crippen molar-refractivity contribution in [3.8, 4) is 5.69 Å². The molecule has 33 heavy (non-hydrogen) atoms. The van der Waals surface area contributed by atoms with E-state index in [0.717, 1.165) is 53.8 Å². The second-order valence-electron chi connectivity index (χ2n) is 8.13. The number of hydrogen-bond donors (Lipinski definition) is 0. The van der Waals surface area contributed by atoms with Crippen molar-refractivity contribution >= 4 is 28.3 Å². The van der Waals surface area contributed by atoms with Gasteiger partial charge in [-0.3, -0.25) is 9.59 Å². The second kappa shape index (κ2) is 10.2. The second-order valence-corrected chi connectivity index (χ2v) is 9.00. The maximum absolute atomic E-state index is 13.1. The highest BCUT2D eigenvalue weighted by Crippen LogP contribution is 2.22. The first-order valence-electron chi connectivity index (χ1n) is 11.1. The third kappa shape index (κ3) is 5.08. The van der Waals surface area contributed by atoms with Gasteiger partial charge in [0.2, 0.25) is 0 Å². The van der Waals surface area contributed by atoms with E-state index >= 15 is 0 Å². The highest BCUT2D eigenvalue weighted by molar-refractivity contribution is 7.13. The molecule has 0 radical (unpaired) electrons.